The van der Waals surface area contributed by atoms with Gasteiger partial charge in [-0.2, -0.15) is 0 Å². The van der Waals surface area contributed by atoms with Gasteiger partial charge in [-0.25, -0.2) is 0 Å². The number of carbonyl (C=O) groups is 2. The number of piperazine rings is 1. The first-order chi connectivity index (χ1) is 8.90. The minimum Gasteiger partial charge on any atom is -0.469 e. The Balaban J connectivity index is 2.37. The van der Waals surface area contributed by atoms with E-state index in [9.17, 15) is 9.59 Å². The summed E-state index contributed by atoms with van der Waals surface area (Å²) in [6.07, 6.45) is 1.28. The third-order valence-electron chi connectivity index (χ3n) is 3.98. The fourth-order valence-electron chi connectivity index (χ4n) is 2.11. The van der Waals surface area contributed by atoms with E-state index in [2.05, 4.69) is 9.64 Å². The van der Waals surface area contributed by atoms with Gasteiger partial charge >= 0.3 is 5.97 Å². The fraction of sp³-hybridized carbons (Fsp3) is 0.857. The van der Waals surface area contributed by atoms with Crippen LogP contribution < -0.4 is 0 Å². The second kappa shape index (κ2) is 6.89. The van der Waals surface area contributed by atoms with Crippen molar-refractivity contribution < 1.29 is 14.3 Å². The molecule has 0 unspecified atom stereocenters. The smallest absolute Gasteiger partial charge is 0.306 e. The highest BCUT2D eigenvalue weighted by Crippen LogP contribution is 2.23. The van der Waals surface area contributed by atoms with Crippen LogP contribution in [0, 0.1) is 5.41 Å². The van der Waals surface area contributed by atoms with Crippen molar-refractivity contribution in [3.05, 3.63) is 0 Å². The minimum atomic E-state index is -0.270. The number of rotatable bonds is 5. The van der Waals surface area contributed by atoms with Crippen LogP contribution in [0.2, 0.25) is 0 Å². The van der Waals surface area contributed by atoms with Crippen LogP contribution in [0.15, 0.2) is 0 Å². The molecule has 0 aromatic rings. The van der Waals surface area contributed by atoms with Gasteiger partial charge in [0.15, 0.2) is 0 Å². The Labute approximate surface area is 115 Å². The van der Waals surface area contributed by atoms with Gasteiger partial charge in [0, 0.05) is 38.1 Å². The molecule has 1 saturated heterocycles. The second-order valence-electron chi connectivity index (χ2n) is 5.70. The quantitative estimate of drug-likeness (QED) is 0.703. The molecule has 0 saturated carbocycles. The lowest BCUT2D eigenvalue weighted by molar-refractivity contribution is -0.144. The Kier molecular flexibility index (Phi) is 5.79. The molecule has 0 radical (unpaired) electrons. The van der Waals surface area contributed by atoms with Gasteiger partial charge in [-0.3, -0.25) is 14.5 Å². The van der Waals surface area contributed by atoms with E-state index in [-0.39, 0.29) is 17.3 Å². The van der Waals surface area contributed by atoms with Crippen LogP contribution in [0.25, 0.3) is 0 Å². The summed E-state index contributed by atoms with van der Waals surface area (Å²) < 4.78 is 4.63. The molecule has 0 aromatic carbocycles. The van der Waals surface area contributed by atoms with Crippen molar-refractivity contribution in [2.75, 3.05) is 39.8 Å². The second-order valence-corrected chi connectivity index (χ2v) is 5.70. The molecule has 0 N–H and O–H groups in total. The van der Waals surface area contributed by atoms with Gasteiger partial charge in [-0.15, -0.1) is 0 Å². The van der Waals surface area contributed by atoms with Crippen molar-refractivity contribution >= 4 is 11.9 Å². The van der Waals surface area contributed by atoms with Gasteiger partial charge in [0.1, 0.15) is 0 Å². The van der Waals surface area contributed by atoms with Gasteiger partial charge in [0.25, 0.3) is 0 Å². The molecule has 0 aliphatic carbocycles. The number of ether oxygens (including phenoxy) is 1. The van der Waals surface area contributed by atoms with Crippen LogP contribution >= 0.6 is 0 Å². The van der Waals surface area contributed by atoms with Crippen molar-refractivity contribution in [1.29, 1.82) is 0 Å². The number of amides is 1. The standard InChI is InChI=1S/C14H26N2O3/c1-5-14(2,3)13(18)16-10-8-15(9-11-16)7-6-12(17)19-4/h5-11H2,1-4H3. The highest BCUT2D eigenvalue weighted by atomic mass is 16.5. The van der Waals surface area contributed by atoms with Crippen LogP contribution in [0.1, 0.15) is 33.6 Å². The first-order valence-corrected chi connectivity index (χ1v) is 6.99. The number of methoxy groups -OCH3 is 1. The Morgan fingerprint density at radius 3 is 2.21 bits per heavy atom. The molecule has 0 spiro atoms. The van der Waals surface area contributed by atoms with Crippen molar-refractivity contribution in [3.8, 4) is 0 Å². The van der Waals surface area contributed by atoms with Crippen LogP contribution in [0.5, 0.6) is 0 Å². The summed E-state index contributed by atoms with van der Waals surface area (Å²) in [5.41, 5.74) is -0.270. The van der Waals surface area contributed by atoms with Gasteiger partial charge in [0.2, 0.25) is 5.91 Å². The van der Waals surface area contributed by atoms with E-state index in [1.54, 1.807) is 0 Å². The highest BCUT2D eigenvalue weighted by Gasteiger charge is 2.31. The molecule has 1 heterocycles. The molecule has 19 heavy (non-hydrogen) atoms. The predicted molar refractivity (Wildman–Crippen MR) is 73.7 cm³/mol. The largest absolute Gasteiger partial charge is 0.469 e. The van der Waals surface area contributed by atoms with Crippen LogP contribution in [0.3, 0.4) is 0 Å². The zero-order valence-corrected chi connectivity index (χ0v) is 12.6. The Hall–Kier alpha value is -1.10. The van der Waals surface area contributed by atoms with Crippen molar-refractivity contribution in [3.63, 3.8) is 0 Å². The highest BCUT2D eigenvalue weighted by molar-refractivity contribution is 5.82. The summed E-state index contributed by atoms with van der Waals surface area (Å²) >= 11 is 0. The van der Waals surface area contributed by atoms with Gasteiger partial charge < -0.3 is 9.64 Å². The summed E-state index contributed by atoms with van der Waals surface area (Å²) in [5, 5.41) is 0. The molecular weight excluding hydrogens is 244 g/mol. The Morgan fingerprint density at radius 2 is 1.74 bits per heavy atom. The van der Waals surface area contributed by atoms with E-state index in [1.807, 2.05) is 25.7 Å². The van der Waals surface area contributed by atoms with E-state index < -0.39 is 0 Å². The molecule has 1 fully saturated rings. The van der Waals surface area contributed by atoms with Gasteiger partial charge in [0.05, 0.1) is 13.5 Å². The molecular formula is C14H26N2O3. The normalized spacial score (nSPS) is 17.4. The molecule has 5 heteroatoms. The minimum absolute atomic E-state index is 0.175. The van der Waals surface area contributed by atoms with Crippen LogP contribution in [-0.4, -0.2) is 61.5 Å². The molecule has 1 amide bonds. The van der Waals surface area contributed by atoms with Crippen molar-refractivity contribution in [2.24, 2.45) is 5.41 Å². The monoisotopic (exact) mass is 270 g/mol. The van der Waals surface area contributed by atoms with Gasteiger partial charge in [-0.1, -0.05) is 20.8 Å². The fourth-order valence-corrected chi connectivity index (χ4v) is 2.11. The first kappa shape index (κ1) is 16.0. The third-order valence-corrected chi connectivity index (χ3v) is 3.98. The lowest BCUT2D eigenvalue weighted by atomic mass is 9.88. The lowest BCUT2D eigenvalue weighted by Gasteiger charge is -2.38. The summed E-state index contributed by atoms with van der Waals surface area (Å²) in [6.45, 7) is 9.94. The molecule has 0 bridgehead atoms. The summed E-state index contributed by atoms with van der Waals surface area (Å²) in [5.74, 6) is 0.0632. The molecule has 1 aliphatic rings. The number of carbonyl (C=O) groups excluding carboxylic acids is 2. The maximum Gasteiger partial charge on any atom is 0.306 e. The number of nitrogens with zero attached hydrogens (tertiary/aromatic N) is 2. The maximum atomic E-state index is 12.3. The summed E-state index contributed by atoms with van der Waals surface area (Å²) in [7, 11) is 1.41. The van der Waals surface area contributed by atoms with Crippen LogP contribution in [0.4, 0.5) is 0 Å². The predicted octanol–water partition coefficient (Wildman–Crippen LogP) is 1.13. The number of hydrogen-bond acceptors (Lipinski definition) is 4. The zero-order valence-electron chi connectivity index (χ0n) is 12.6. The summed E-state index contributed by atoms with van der Waals surface area (Å²) in [4.78, 5) is 27.5. The summed E-state index contributed by atoms with van der Waals surface area (Å²) in [6, 6.07) is 0. The van der Waals surface area contributed by atoms with Crippen LogP contribution in [-0.2, 0) is 14.3 Å². The zero-order chi connectivity index (χ0) is 14.5. The molecule has 5 nitrogen and oxygen atoms in total. The van der Waals surface area contributed by atoms with E-state index in [0.29, 0.717) is 13.0 Å². The molecule has 0 atom stereocenters. The van der Waals surface area contributed by atoms with Gasteiger partial charge in [-0.05, 0) is 6.42 Å². The maximum absolute atomic E-state index is 12.3. The third kappa shape index (κ3) is 4.49. The van der Waals surface area contributed by atoms with E-state index >= 15 is 0 Å². The van der Waals surface area contributed by atoms with E-state index in [1.165, 1.54) is 7.11 Å². The Morgan fingerprint density at radius 1 is 1.16 bits per heavy atom. The van der Waals surface area contributed by atoms with E-state index in [4.69, 9.17) is 0 Å². The average molecular weight is 270 g/mol. The van der Waals surface area contributed by atoms with Crippen molar-refractivity contribution in [1.82, 2.24) is 9.80 Å². The molecule has 110 valence electrons. The van der Waals surface area contributed by atoms with Crippen molar-refractivity contribution in [2.45, 2.75) is 33.6 Å². The number of hydrogen-bond donors (Lipinski definition) is 0. The number of esters is 1. The lowest BCUT2D eigenvalue weighted by Crippen LogP contribution is -2.52. The Bertz CT molecular complexity index is 321. The molecule has 0 aromatic heterocycles. The first-order valence-electron chi connectivity index (χ1n) is 6.99. The molecule has 1 aliphatic heterocycles. The topological polar surface area (TPSA) is 49.9 Å². The SMILES string of the molecule is CCC(C)(C)C(=O)N1CCN(CCC(=O)OC)CC1. The van der Waals surface area contributed by atoms with E-state index in [0.717, 1.165) is 32.6 Å². The molecule has 1 rings (SSSR count). The average Bonchev–Trinajstić information content (AvgIpc) is 2.44.